The van der Waals surface area contributed by atoms with Crippen molar-refractivity contribution < 1.29 is 9.15 Å². The number of aromatic nitrogens is 2. The van der Waals surface area contributed by atoms with Crippen LogP contribution in [0.3, 0.4) is 0 Å². The number of nitrogens with zero attached hydrogens (tertiary/aromatic N) is 2. The number of methoxy groups -OCH3 is 1. The predicted molar refractivity (Wildman–Crippen MR) is 122 cm³/mol. The summed E-state index contributed by atoms with van der Waals surface area (Å²) in [5.41, 5.74) is 5.27. The van der Waals surface area contributed by atoms with E-state index in [-0.39, 0.29) is 6.04 Å². The van der Waals surface area contributed by atoms with Gasteiger partial charge in [-0.05, 0) is 43.1 Å². The molecule has 2 atom stereocenters. The lowest BCUT2D eigenvalue weighted by Gasteiger charge is -2.34. The smallest absolute Gasteiger partial charge is 0.142 e. The fourth-order valence-electron chi connectivity index (χ4n) is 4.74. The first-order valence-corrected chi connectivity index (χ1v) is 10.8. The van der Waals surface area contributed by atoms with Crippen LogP contribution in [0.25, 0.3) is 22.2 Å². The number of nitrogens with one attached hydrogen (secondary N) is 2. The van der Waals surface area contributed by atoms with Crippen molar-refractivity contribution in [1.82, 2.24) is 20.4 Å². The second-order valence-electron chi connectivity index (χ2n) is 8.09. The lowest BCUT2D eigenvalue weighted by atomic mass is 9.92. The Balaban J connectivity index is 1.50. The van der Waals surface area contributed by atoms with Gasteiger partial charge in [0.25, 0.3) is 0 Å². The minimum absolute atomic E-state index is 0.285. The third-order valence-electron chi connectivity index (χ3n) is 6.25. The molecule has 31 heavy (non-hydrogen) atoms. The molecular weight excluding hydrogens is 388 g/mol. The molecule has 1 aliphatic rings. The minimum atomic E-state index is 0.285. The summed E-state index contributed by atoms with van der Waals surface area (Å²) in [5.74, 6) is 0.832. The topological polar surface area (TPSA) is 64.2 Å². The van der Waals surface area contributed by atoms with Crippen LogP contribution in [-0.2, 0) is 13.6 Å². The first-order chi connectivity index (χ1) is 15.3. The molecule has 0 amide bonds. The maximum absolute atomic E-state index is 5.93. The van der Waals surface area contributed by atoms with Gasteiger partial charge in [0.15, 0.2) is 0 Å². The normalized spacial score (nSPS) is 19.0. The number of hydrogen-bond donors (Lipinski definition) is 2. The standard InChI is InChI=1S/C25H28N4O2/c1-29-22(10-13-28-29)19-15-18-11-14-31-24(18)20(25(19)30-2)16-27-21-9-6-12-26-23(21)17-7-4-3-5-8-17/h3-5,7-8,10-11,13-15,21,23,26-27H,6,9,12,16H2,1-2H3/t21-,23-/m0/s1. The molecule has 0 radical (unpaired) electrons. The maximum atomic E-state index is 5.93. The maximum Gasteiger partial charge on any atom is 0.142 e. The molecule has 1 saturated heterocycles. The van der Waals surface area contributed by atoms with E-state index in [2.05, 4.69) is 52.1 Å². The summed E-state index contributed by atoms with van der Waals surface area (Å²) >= 11 is 0. The van der Waals surface area contributed by atoms with Crippen LogP contribution in [0.15, 0.2) is 65.4 Å². The van der Waals surface area contributed by atoms with Gasteiger partial charge in [0.1, 0.15) is 11.3 Å². The van der Waals surface area contributed by atoms with Gasteiger partial charge >= 0.3 is 0 Å². The zero-order chi connectivity index (χ0) is 21.2. The van der Waals surface area contributed by atoms with Crippen molar-refractivity contribution in [2.75, 3.05) is 13.7 Å². The average Bonchev–Trinajstić information content (AvgIpc) is 3.46. The lowest BCUT2D eigenvalue weighted by Crippen LogP contribution is -2.45. The van der Waals surface area contributed by atoms with Crippen LogP contribution < -0.4 is 15.4 Å². The van der Waals surface area contributed by atoms with E-state index in [1.807, 2.05) is 30.1 Å². The van der Waals surface area contributed by atoms with Crippen LogP contribution in [0.2, 0.25) is 0 Å². The molecule has 0 bridgehead atoms. The number of rotatable bonds is 6. The van der Waals surface area contributed by atoms with Crippen LogP contribution in [0, 0.1) is 0 Å². The molecule has 2 N–H and O–H groups in total. The van der Waals surface area contributed by atoms with Gasteiger partial charge in [-0.15, -0.1) is 0 Å². The van der Waals surface area contributed by atoms with Crippen LogP contribution in [0.5, 0.6) is 5.75 Å². The molecule has 6 nitrogen and oxygen atoms in total. The number of fused-ring (bicyclic) bond motifs is 1. The third kappa shape index (κ3) is 3.73. The van der Waals surface area contributed by atoms with Crippen molar-refractivity contribution in [3.05, 3.63) is 72.1 Å². The highest BCUT2D eigenvalue weighted by molar-refractivity contribution is 5.90. The molecule has 1 aliphatic heterocycles. The van der Waals surface area contributed by atoms with Crippen molar-refractivity contribution >= 4 is 11.0 Å². The van der Waals surface area contributed by atoms with E-state index in [0.29, 0.717) is 12.6 Å². The molecule has 3 heterocycles. The van der Waals surface area contributed by atoms with Gasteiger partial charge in [-0.25, -0.2) is 0 Å². The van der Waals surface area contributed by atoms with Crippen molar-refractivity contribution in [2.45, 2.75) is 31.5 Å². The molecule has 2 aromatic heterocycles. The van der Waals surface area contributed by atoms with Crippen molar-refractivity contribution in [2.24, 2.45) is 7.05 Å². The van der Waals surface area contributed by atoms with E-state index in [4.69, 9.17) is 9.15 Å². The monoisotopic (exact) mass is 416 g/mol. The molecule has 0 saturated carbocycles. The number of furan rings is 1. The SMILES string of the molecule is COc1c(-c2ccnn2C)cc2ccoc2c1CN[C@H]1CCCN[C@H]1c1ccccc1. The van der Waals surface area contributed by atoms with Gasteiger partial charge in [0.2, 0.25) is 0 Å². The van der Waals surface area contributed by atoms with Gasteiger partial charge in [-0.1, -0.05) is 30.3 Å². The molecule has 5 rings (SSSR count). The lowest BCUT2D eigenvalue weighted by molar-refractivity contribution is 0.303. The van der Waals surface area contributed by atoms with E-state index in [0.717, 1.165) is 52.9 Å². The van der Waals surface area contributed by atoms with Crippen LogP contribution in [0.1, 0.15) is 30.0 Å². The highest BCUT2D eigenvalue weighted by Crippen LogP contribution is 2.39. The van der Waals surface area contributed by atoms with E-state index in [1.54, 1.807) is 13.4 Å². The Morgan fingerprint density at radius 2 is 2.10 bits per heavy atom. The molecular formula is C25H28N4O2. The van der Waals surface area contributed by atoms with Crippen LogP contribution in [0.4, 0.5) is 0 Å². The quantitative estimate of drug-likeness (QED) is 0.487. The Morgan fingerprint density at radius 3 is 2.87 bits per heavy atom. The van der Waals surface area contributed by atoms with Gasteiger partial charge in [-0.3, -0.25) is 4.68 Å². The van der Waals surface area contributed by atoms with Crippen molar-refractivity contribution in [3.8, 4) is 17.0 Å². The number of benzene rings is 2. The average molecular weight is 417 g/mol. The summed E-state index contributed by atoms with van der Waals surface area (Å²) in [4.78, 5) is 0. The number of hydrogen-bond acceptors (Lipinski definition) is 5. The van der Waals surface area contributed by atoms with Crippen LogP contribution >= 0.6 is 0 Å². The fraction of sp³-hybridized carbons (Fsp3) is 0.320. The largest absolute Gasteiger partial charge is 0.496 e. The van der Waals surface area contributed by atoms with E-state index in [1.165, 1.54) is 5.56 Å². The molecule has 6 heteroatoms. The Hall–Kier alpha value is -3.09. The minimum Gasteiger partial charge on any atom is -0.496 e. The summed E-state index contributed by atoms with van der Waals surface area (Å²) in [6.07, 6.45) is 5.83. The Bertz CT molecular complexity index is 1160. The first-order valence-electron chi connectivity index (χ1n) is 10.8. The Kier molecular flexibility index (Phi) is 5.49. The van der Waals surface area contributed by atoms with Crippen LogP contribution in [-0.4, -0.2) is 29.5 Å². The molecule has 1 fully saturated rings. The molecule has 0 unspecified atom stereocenters. The zero-order valence-electron chi connectivity index (χ0n) is 18.0. The highest BCUT2D eigenvalue weighted by atomic mass is 16.5. The molecule has 0 aliphatic carbocycles. The summed E-state index contributed by atoms with van der Waals surface area (Å²) in [7, 11) is 3.67. The number of aryl methyl sites for hydroxylation is 1. The zero-order valence-corrected chi connectivity index (χ0v) is 18.0. The summed E-state index contributed by atoms with van der Waals surface area (Å²) < 4.78 is 13.7. The molecule has 0 spiro atoms. The third-order valence-corrected chi connectivity index (χ3v) is 6.25. The second-order valence-corrected chi connectivity index (χ2v) is 8.09. The Labute approximate surface area is 182 Å². The van der Waals surface area contributed by atoms with E-state index < -0.39 is 0 Å². The molecule has 4 aromatic rings. The number of piperidine rings is 1. The summed E-state index contributed by atoms with van der Waals surface area (Å²) in [6.45, 7) is 1.70. The van der Waals surface area contributed by atoms with Gasteiger partial charge < -0.3 is 19.8 Å². The van der Waals surface area contributed by atoms with Gasteiger partial charge in [0, 0.05) is 42.8 Å². The highest BCUT2D eigenvalue weighted by Gasteiger charge is 2.27. The van der Waals surface area contributed by atoms with Gasteiger partial charge in [0.05, 0.1) is 24.6 Å². The first kappa shape index (κ1) is 19.8. The van der Waals surface area contributed by atoms with Gasteiger partial charge in [-0.2, -0.15) is 5.10 Å². The van der Waals surface area contributed by atoms with E-state index >= 15 is 0 Å². The van der Waals surface area contributed by atoms with E-state index in [9.17, 15) is 0 Å². The fourth-order valence-corrected chi connectivity index (χ4v) is 4.74. The molecule has 2 aromatic carbocycles. The Morgan fingerprint density at radius 1 is 1.23 bits per heavy atom. The summed E-state index contributed by atoms with van der Waals surface area (Å²) in [6, 6.07) is 17.4. The summed E-state index contributed by atoms with van der Waals surface area (Å²) in [5, 5.41) is 12.9. The number of ether oxygens (including phenoxy) is 1. The molecule has 160 valence electrons. The second kappa shape index (κ2) is 8.57. The van der Waals surface area contributed by atoms with Crippen molar-refractivity contribution in [3.63, 3.8) is 0 Å². The van der Waals surface area contributed by atoms with Crippen molar-refractivity contribution in [1.29, 1.82) is 0 Å². The predicted octanol–water partition coefficient (Wildman–Crippen LogP) is 4.42.